The molecule has 0 aromatic heterocycles. The first-order valence-electron chi connectivity index (χ1n) is 8.90. The molecule has 2 atom stereocenters. The largest absolute Gasteiger partial charge is 0.338 e. The molecular formula is C18H26N2O3S. The van der Waals surface area contributed by atoms with Crippen molar-refractivity contribution in [3.05, 3.63) is 29.8 Å². The molecule has 1 aromatic carbocycles. The van der Waals surface area contributed by atoms with Gasteiger partial charge in [0.2, 0.25) is 10.0 Å². The average molecular weight is 350 g/mol. The Morgan fingerprint density at radius 2 is 1.79 bits per heavy atom. The molecule has 0 unspecified atom stereocenters. The van der Waals surface area contributed by atoms with E-state index in [9.17, 15) is 13.2 Å². The minimum Gasteiger partial charge on any atom is -0.338 e. The van der Waals surface area contributed by atoms with Crippen molar-refractivity contribution in [2.24, 2.45) is 11.8 Å². The van der Waals surface area contributed by atoms with Crippen molar-refractivity contribution >= 4 is 15.9 Å². The standard InChI is InChI=1S/C18H26N2O3S/c1-2-19-24(22,23)17-9-7-15(8-10-17)18(21)20-12-11-14-5-3-4-6-16(14)13-20/h7-10,14,16,19H,2-6,11-13H2,1H3/t14-,16+/m0/s1. The molecule has 132 valence electrons. The number of amides is 1. The highest BCUT2D eigenvalue weighted by Crippen LogP contribution is 2.36. The van der Waals surface area contributed by atoms with E-state index in [0.717, 1.165) is 25.4 Å². The van der Waals surface area contributed by atoms with Crippen LogP contribution in [0, 0.1) is 11.8 Å². The van der Waals surface area contributed by atoms with Gasteiger partial charge in [-0.05, 0) is 48.9 Å². The molecule has 1 saturated carbocycles. The van der Waals surface area contributed by atoms with Crippen LogP contribution < -0.4 is 4.72 Å². The summed E-state index contributed by atoms with van der Waals surface area (Å²) in [6, 6.07) is 6.27. The number of rotatable bonds is 4. The predicted octanol–water partition coefficient (Wildman–Crippen LogP) is 2.64. The quantitative estimate of drug-likeness (QED) is 0.908. The number of sulfonamides is 1. The third-order valence-electron chi connectivity index (χ3n) is 5.32. The van der Waals surface area contributed by atoms with Crippen LogP contribution in [0.1, 0.15) is 49.4 Å². The van der Waals surface area contributed by atoms with Crippen molar-refractivity contribution in [3.63, 3.8) is 0 Å². The second-order valence-corrected chi connectivity index (χ2v) is 8.64. The first kappa shape index (κ1) is 17.4. The highest BCUT2D eigenvalue weighted by atomic mass is 32.2. The van der Waals surface area contributed by atoms with E-state index in [-0.39, 0.29) is 10.8 Å². The van der Waals surface area contributed by atoms with Crippen LogP contribution in [0.5, 0.6) is 0 Å². The molecular weight excluding hydrogens is 324 g/mol. The number of benzene rings is 1. The zero-order valence-electron chi connectivity index (χ0n) is 14.2. The zero-order chi connectivity index (χ0) is 17.2. The minimum absolute atomic E-state index is 0.0198. The summed E-state index contributed by atoms with van der Waals surface area (Å²) in [6.07, 6.45) is 6.25. The number of likely N-dealkylation sites (tertiary alicyclic amines) is 1. The topological polar surface area (TPSA) is 66.5 Å². The maximum absolute atomic E-state index is 12.7. The van der Waals surface area contributed by atoms with Crippen LogP contribution in [0.3, 0.4) is 0 Å². The Morgan fingerprint density at radius 3 is 2.46 bits per heavy atom. The molecule has 1 aliphatic carbocycles. The molecule has 5 nitrogen and oxygen atoms in total. The molecule has 1 aromatic rings. The van der Waals surface area contributed by atoms with Crippen molar-refractivity contribution < 1.29 is 13.2 Å². The molecule has 2 aliphatic rings. The predicted molar refractivity (Wildman–Crippen MR) is 93.3 cm³/mol. The van der Waals surface area contributed by atoms with Crippen LogP contribution in [-0.4, -0.2) is 38.9 Å². The lowest BCUT2D eigenvalue weighted by atomic mass is 9.75. The van der Waals surface area contributed by atoms with Gasteiger partial charge in [-0.1, -0.05) is 26.2 Å². The van der Waals surface area contributed by atoms with Crippen molar-refractivity contribution in [1.82, 2.24) is 9.62 Å². The minimum atomic E-state index is -3.47. The van der Waals surface area contributed by atoms with Gasteiger partial charge in [0, 0.05) is 25.2 Å². The molecule has 1 amide bonds. The first-order chi connectivity index (χ1) is 11.5. The fourth-order valence-electron chi connectivity index (χ4n) is 4.02. The van der Waals surface area contributed by atoms with Crippen LogP contribution in [-0.2, 0) is 10.0 Å². The molecule has 0 spiro atoms. The molecule has 1 saturated heterocycles. The van der Waals surface area contributed by atoms with Gasteiger partial charge in [0.05, 0.1) is 4.90 Å². The maximum Gasteiger partial charge on any atom is 0.253 e. The molecule has 1 heterocycles. The Hall–Kier alpha value is -1.40. The molecule has 0 radical (unpaired) electrons. The fraction of sp³-hybridized carbons (Fsp3) is 0.611. The van der Waals surface area contributed by atoms with Crippen LogP contribution in [0.2, 0.25) is 0 Å². The molecule has 1 aliphatic heterocycles. The SMILES string of the molecule is CCNS(=O)(=O)c1ccc(C(=O)N2CC[C@@H]3CCCC[C@@H]3C2)cc1. The Kier molecular flexibility index (Phi) is 5.25. The fourth-order valence-corrected chi connectivity index (χ4v) is 5.06. The van der Waals surface area contributed by atoms with E-state index in [2.05, 4.69) is 4.72 Å². The van der Waals surface area contributed by atoms with E-state index in [4.69, 9.17) is 0 Å². The number of nitrogens with zero attached hydrogens (tertiary/aromatic N) is 1. The van der Waals surface area contributed by atoms with Crippen molar-refractivity contribution in [2.75, 3.05) is 19.6 Å². The van der Waals surface area contributed by atoms with E-state index >= 15 is 0 Å². The molecule has 3 rings (SSSR count). The van der Waals surface area contributed by atoms with Gasteiger partial charge in [-0.15, -0.1) is 0 Å². The summed E-state index contributed by atoms with van der Waals surface area (Å²) < 4.78 is 26.4. The summed E-state index contributed by atoms with van der Waals surface area (Å²) in [7, 11) is -3.47. The second kappa shape index (κ2) is 7.23. The van der Waals surface area contributed by atoms with Crippen molar-refractivity contribution in [2.45, 2.75) is 43.9 Å². The van der Waals surface area contributed by atoms with Gasteiger partial charge in [0.15, 0.2) is 0 Å². The number of carbonyl (C=O) groups excluding carboxylic acids is 1. The highest BCUT2D eigenvalue weighted by molar-refractivity contribution is 7.89. The Bertz CT molecular complexity index is 685. The van der Waals surface area contributed by atoms with Crippen molar-refractivity contribution in [3.8, 4) is 0 Å². The van der Waals surface area contributed by atoms with Gasteiger partial charge < -0.3 is 4.90 Å². The molecule has 24 heavy (non-hydrogen) atoms. The molecule has 2 fully saturated rings. The summed E-state index contributed by atoms with van der Waals surface area (Å²) in [5.74, 6) is 1.45. The number of hydrogen-bond acceptors (Lipinski definition) is 3. The normalized spacial score (nSPS) is 24.5. The third-order valence-corrected chi connectivity index (χ3v) is 6.89. The van der Waals surface area contributed by atoms with E-state index in [1.165, 1.54) is 37.8 Å². The van der Waals surface area contributed by atoms with Crippen molar-refractivity contribution in [1.29, 1.82) is 0 Å². The monoisotopic (exact) mass is 350 g/mol. The number of piperidine rings is 1. The van der Waals surface area contributed by atoms with Crippen LogP contribution >= 0.6 is 0 Å². The van der Waals surface area contributed by atoms with Gasteiger partial charge in [0.1, 0.15) is 0 Å². The summed E-state index contributed by atoms with van der Waals surface area (Å²) in [4.78, 5) is 14.9. The van der Waals surface area contributed by atoms with Gasteiger partial charge in [-0.3, -0.25) is 4.79 Å². The summed E-state index contributed by atoms with van der Waals surface area (Å²) in [5.41, 5.74) is 0.569. The summed E-state index contributed by atoms with van der Waals surface area (Å²) in [6.45, 7) is 3.75. The van der Waals surface area contributed by atoms with Crippen LogP contribution in [0.4, 0.5) is 0 Å². The van der Waals surface area contributed by atoms with E-state index < -0.39 is 10.0 Å². The summed E-state index contributed by atoms with van der Waals surface area (Å²) >= 11 is 0. The number of fused-ring (bicyclic) bond motifs is 1. The van der Waals surface area contributed by atoms with Gasteiger partial charge in [-0.25, -0.2) is 13.1 Å². The Morgan fingerprint density at radius 1 is 1.12 bits per heavy atom. The number of hydrogen-bond donors (Lipinski definition) is 1. The van der Waals surface area contributed by atoms with E-state index in [1.807, 2.05) is 4.90 Å². The van der Waals surface area contributed by atoms with E-state index in [1.54, 1.807) is 19.1 Å². The average Bonchev–Trinajstić information content (AvgIpc) is 2.61. The summed E-state index contributed by atoms with van der Waals surface area (Å²) in [5, 5.41) is 0. The molecule has 0 bridgehead atoms. The van der Waals surface area contributed by atoms with Gasteiger partial charge in [-0.2, -0.15) is 0 Å². The smallest absolute Gasteiger partial charge is 0.253 e. The Labute approximate surface area is 144 Å². The number of carbonyl (C=O) groups is 1. The van der Waals surface area contributed by atoms with E-state index in [0.29, 0.717) is 18.0 Å². The third kappa shape index (κ3) is 3.64. The first-order valence-corrected chi connectivity index (χ1v) is 10.4. The molecule has 6 heteroatoms. The van der Waals surface area contributed by atoms with Crippen LogP contribution in [0.15, 0.2) is 29.2 Å². The van der Waals surface area contributed by atoms with Crippen LogP contribution in [0.25, 0.3) is 0 Å². The highest BCUT2D eigenvalue weighted by Gasteiger charge is 2.33. The molecule has 1 N–H and O–H groups in total. The lowest BCUT2D eigenvalue weighted by Gasteiger charge is -2.41. The number of nitrogens with one attached hydrogen (secondary N) is 1. The lowest BCUT2D eigenvalue weighted by Crippen LogP contribution is -2.44. The lowest BCUT2D eigenvalue weighted by molar-refractivity contribution is 0.0521. The maximum atomic E-state index is 12.7. The van der Waals surface area contributed by atoms with Gasteiger partial charge >= 0.3 is 0 Å². The zero-order valence-corrected chi connectivity index (χ0v) is 15.0. The Balaban J connectivity index is 1.69. The van der Waals surface area contributed by atoms with Gasteiger partial charge in [0.25, 0.3) is 5.91 Å². The second-order valence-electron chi connectivity index (χ2n) is 6.87.